The van der Waals surface area contributed by atoms with E-state index in [2.05, 4.69) is 16.8 Å². The van der Waals surface area contributed by atoms with Gasteiger partial charge < -0.3 is 19.4 Å². The lowest BCUT2D eigenvalue weighted by atomic mass is 10.0. The van der Waals surface area contributed by atoms with E-state index in [4.69, 9.17) is 4.74 Å². The standard InChI is InChI=1S/C20H34N4O4/c1-21-9-6-17(7-10-21)22-11-13-24(14-12-22)19(26)4-5-20(27)28-16-15-23-8-2-3-18(23)25/h17H,2-16H2,1H3. The van der Waals surface area contributed by atoms with Crippen LogP contribution in [0.2, 0.25) is 0 Å². The van der Waals surface area contributed by atoms with Gasteiger partial charge in [-0.2, -0.15) is 0 Å². The summed E-state index contributed by atoms with van der Waals surface area (Å²) in [6.45, 7) is 7.07. The fourth-order valence-corrected chi connectivity index (χ4v) is 4.35. The molecule has 3 fully saturated rings. The van der Waals surface area contributed by atoms with Gasteiger partial charge in [0.05, 0.1) is 13.0 Å². The molecule has 3 saturated heterocycles. The number of amides is 2. The van der Waals surface area contributed by atoms with Gasteiger partial charge in [-0.25, -0.2) is 0 Å². The number of carbonyl (C=O) groups excluding carboxylic acids is 3. The van der Waals surface area contributed by atoms with Crippen molar-refractivity contribution in [3.8, 4) is 0 Å². The summed E-state index contributed by atoms with van der Waals surface area (Å²) in [5.74, 6) is -0.190. The van der Waals surface area contributed by atoms with Gasteiger partial charge in [0.25, 0.3) is 0 Å². The van der Waals surface area contributed by atoms with E-state index in [0.29, 0.717) is 19.0 Å². The maximum atomic E-state index is 12.4. The molecule has 3 aliphatic heterocycles. The van der Waals surface area contributed by atoms with Crippen LogP contribution in [0.1, 0.15) is 38.5 Å². The average molecular weight is 395 g/mol. The zero-order valence-corrected chi connectivity index (χ0v) is 17.1. The molecule has 0 aromatic heterocycles. The van der Waals surface area contributed by atoms with E-state index in [1.165, 1.54) is 12.8 Å². The second kappa shape index (κ2) is 10.2. The number of hydrogen-bond acceptors (Lipinski definition) is 6. The molecule has 0 atom stereocenters. The monoisotopic (exact) mass is 394 g/mol. The predicted molar refractivity (Wildman–Crippen MR) is 105 cm³/mol. The maximum absolute atomic E-state index is 12.4. The minimum atomic E-state index is -0.357. The van der Waals surface area contributed by atoms with Crippen molar-refractivity contribution < 1.29 is 19.1 Å². The predicted octanol–water partition coefficient (Wildman–Crippen LogP) is 0.171. The summed E-state index contributed by atoms with van der Waals surface area (Å²) < 4.78 is 5.18. The molecule has 0 aliphatic carbocycles. The van der Waals surface area contributed by atoms with Crippen LogP contribution < -0.4 is 0 Å². The Morgan fingerprint density at radius 3 is 2.36 bits per heavy atom. The molecule has 8 nitrogen and oxygen atoms in total. The molecule has 0 bridgehead atoms. The van der Waals surface area contributed by atoms with Crippen LogP contribution >= 0.6 is 0 Å². The van der Waals surface area contributed by atoms with E-state index in [9.17, 15) is 14.4 Å². The summed E-state index contributed by atoms with van der Waals surface area (Å²) in [4.78, 5) is 44.3. The molecule has 158 valence electrons. The van der Waals surface area contributed by atoms with Crippen molar-refractivity contribution in [1.82, 2.24) is 19.6 Å². The van der Waals surface area contributed by atoms with Crippen molar-refractivity contribution >= 4 is 17.8 Å². The number of hydrogen-bond donors (Lipinski definition) is 0. The van der Waals surface area contributed by atoms with Gasteiger partial charge in [-0.3, -0.25) is 19.3 Å². The molecule has 0 N–H and O–H groups in total. The highest BCUT2D eigenvalue weighted by atomic mass is 16.5. The molecule has 3 aliphatic rings. The van der Waals surface area contributed by atoms with Gasteiger partial charge >= 0.3 is 5.97 Å². The molecule has 0 aromatic rings. The number of piperazine rings is 1. The summed E-state index contributed by atoms with van der Waals surface area (Å²) in [6.07, 6.45) is 4.20. The highest BCUT2D eigenvalue weighted by Gasteiger charge is 2.28. The van der Waals surface area contributed by atoms with Crippen molar-refractivity contribution in [3.05, 3.63) is 0 Å². The second-order valence-electron chi connectivity index (χ2n) is 8.16. The fraction of sp³-hybridized carbons (Fsp3) is 0.850. The number of ether oxygens (including phenoxy) is 1. The third-order valence-electron chi connectivity index (χ3n) is 6.21. The van der Waals surface area contributed by atoms with Gasteiger partial charge in [0.2, 0.25) is 11.8 Å². The lowest BCUT2D eigenvalue weighted by Gasteiger charge is -2.42. The minimum Gasteiger partial charge on any atom is -0.464 e. The van der Waals surface area contributed by atoms with Crippen LogP contribution in [0.4, 0.5) is 0 Å². The molecule has 0 radical (unpaired) electrons. The average Bonchev–Trinajstić information content (AvgIpc) is 3.12. The van der Waals surface area contributed by atoms with E-state index >= 15 is 0 Å². The molecule has 2 amide bonds. The molecule has 0 unspecified atom stereocenters. The number of piperidine rings is 1. The van der Waals surface area contributed by atoms with Gasteiger partial charge in [0.1, 0.15) is 6.61 Å². The quantitative estimate of drug-likeness (QED) is 0.573. The summed E-state index contributed by atoms with van der Waals surface area (Å²) in [7, 11) is 2.17. The Kier molecular flexibility index (Phi) is 7.67. The van der Waals surface area contributed by atoms with Crippen LogP contribution in [0.15, 0.2) is 0 Å². The van der Waals surface area contributed by atoms with Crippen molar-refractivity contribution in [2.24, 2.45) is 0 Å². The van der Waals surface area contributed by atoms with Crippen LogP contribution in [0.3, 0.4) is 0 Å². The zero-order valence-electron chi connectivity index (χ0n) is 17.1. The van der Waals surface area contributed by atoms with Crippen LogP contribution in [0.25, 0.3) is 0 Å². The van der Waals surface area contributed by atoms with Crippen molar-refractivity contribution in [2.45, 2.75) is 44.6 Å². The van der Waals surface area contributed by atoms with Gasteiger partial charge in [-0.15, -0.1) is 0 Å². The van der Waals surface area contributed by atoms with Crippen molar-refractivity contribution in [1.29, 1.82) is 0 Å². The third-order valence-corrected chi connectivity index (χ3v) is 6.21. The van der Waals surface area contributed by atoms with Crippen LogP contribution in [-0.4, -0.2) is 109 Å². The van der Waals surface area contributed by atoms with Crippen LogP contribution in [-0.2, 0) is 19.1 Å². The number of nitrogens with zero attached hydrogens (tertiary/aromatic N) is 4. The molecule has 0 spiro atoms. The van der Waals surface area contributed by atoms with Gasteiger partial charge in [-0.1, -0.05) is 0 Å². The second-order valence-corrected chi connectivity index (χ2v) is 8.16. The molecule has 0 aromatic carbocycles. The normalized spacial score (nSPS) is 22.7. The molecule has 3 heterocycles. The van der Waals surface area contributed by atoms with E-state index < -0.39 is 0 Å². The van der Waals surface area contributed by atoms with Crippen LogP contribution in [0.5, 0.6) is 0 Å². The Balaban J connectivity index is 1.28. The van der Waals surface area contributed by atoms with Gasteiger partial charge in [0, 0.05) is 51.6 Å². The molecule has 28 heavy (non-hydrogen) atoms. The smallest absolute Gasteiger partial charge is 0.306 e. The first-order chi connectivity index (χ1) is 13.5. The maximum Gasteiger partial charge on any atom is 0.306 e. The SMILES string of the molecule is CN1CCC(N2CCN(C(=O)CCC(=O)OCCN3CCCC3=O)CC2)CC1. The first-order valence-electron chi connectivity index (χ1n) is 10.7. The van der Waals surface area contributed by atoms with Gasteiger partial charge in [-0.05, 0) is 39.4 Å². The largest absolute Gasteiger partial charge is 0.464 e. The summed E-state index contributed by atoms with van der Waals surface area (Å²) in [5.41, 5.74) is 0. The molecule has 3 rings (SSSR count). The Labute approximate surface area is 167 Å². The Morgan fingerprint density at radius 1 is 1.00 bits per heavy atom. The van der Waals surface area contributed by atoms with Crippen LogP contribution in [0, 0.1) is 0 Å². The Morgan fingerprint density at radius 2 is 1.71 bits per heavy atom. The van der Waals surface area contributed by atoms with E-state index in [0.717, 1.165) is 52.2 Å². The summed E-state index contributed by atoms with van der Waals surface area (Å²) >= 11 is 0. The highest BCUT2D eigenvalue weighted by Crippen LogP contribution is 2.18. The lowest BCUT2D eigenvalue weighted by Crippen LogP contribution is -2.54. The van der Waals surface area contributed by atoms with Gasteiger partial charge in [0.15, 0.2) is 0 Å². The first-order valence-corrected chi connectivity index (χ1v) is 10.7. The molecule has 8 heteroatoms. The Hall–Kier alpha value is -1.67. The number of likely N-dealkylation sites (tertiary alicyclic amines) is 2. The van der Waals surface area contributed by atoms with E-state index in [1.807, 2.05) is 4.90 Å². The molecular formula is C20H34N4O4. The fourth-order valence-electron chi connectivity index (χ4n) is 4.35. The summed E-state index contributed by atoms with van der Waals surface area (Å²) in [5, 5.41) is 0. The topological polar surface area (TPSA) is 73.4 Å². The van der Waals surface area contributed by atoms with E-state index in [1.54, 1.807) is 4.90 Å². The number of carbonyl (C=O) groups is 3. The first kappa shape index (κ1) is 21.0. The molecular weight excluding hydrogens is 360 g/mol. The lowest BCUT2D eigenvalue weighted by molar-refractivity contribution is -0.147. The van der Waals surface area contributed by atoms with Crippen molar-refractivity contribution in [2.75, 3.05) is 66.0 Å². The van der Waals surface area contributed by atoms with E-state index in [-0.39, 0.29) is 37.2 Å². The zero-order chi connectivity index (χ0) is 19.9. The number of rotatable bonds is 7. The van der Waals surface area contributed by atoms with Crippen molar-refractivity contribution in [3.63, 3.8) is 0 Å². The third kappa shape index (κ3) is 5.91. The Bertz CT molecular complexity index is 554. The summed E-state index contributed by atoms with van der Waals surface area (Å²) in [6, 6.07) is 0.644. The highest BCUT2D eigenvalue weighted by molar-refractivity contribution is 5.81. The number of esters is 1. The molecule has 0 saturated carbocycles. The minimum absolute atomic E-state index is 0.0368.